The lowest BCUT2D eigenvalue weighted by Gasteiger charge is -2.33. The molecule has 0 bridgehead atoms. The van der Waals surface area contributed by atoms with Crippen LogP contribution in [0.1, 0.15) is 85.0 Å². The summed E-state index contributed by atoms with van der Waals surface area (Å²) in [5, 5.41) is 0. The number of hydrogen-bond acceptors (Lipinski definition) is 2. The van der Waals surface area contributed by atoms with E-state index in [4.69, 9.17) is 0 Å². The third-order valence-corrected chi connectivity index (χ3v) is 7.62. The van der Waals surface area contributed by atoms with Crippen LogP contribution in [-0.2, 0) is 4.57 Å². The molecule has 0 aromatic rings. The Kier molecular flexibility index (Phi) is 12.8. The minimum Gasteiger partial charge on any atom is -0.322 e. The Morgan fingerprint density at radius 1 is 0.857 bits per heavy atom. The zero-order valence-electron chi connectivity index (χ0n) is 15.4. The van der Waals surface area contributed by atoms with Gasteiger partial charge in [0.15, 0.2) is 0 Å². The fourth-order valence-corrected chi connectivity index (χ4v) is 6.08. The lowest BCUT2D eigenvalue weighted by molar-refractivity contribution is 0.280. The van der Waals surface area contributed by atoms with Crippen molar-refractivity contribution >= 4 is 7.14 Å². The van der Waals surface area contributed by atoms with Crippen molar-refractivity contribution in [2.45, 2.75) is 90.8 Å². The quantitative estimate of drug-likeness (QED) is 0.281. The van der Waals surface area contributed by atoms with Gasteiger partial charge in [-0.15, -0.1) is 0 Å². The zero-order chi connectivity index (χ0) is 16.1. The summed E-state index contributed by atoms with van der Waals surface area (Å²) in [5.74, 6) is 0.310. The summed E-state index contributed by atoms with van der Waals surface area (Å²) in [6.45, 7) is 9.82. The lowest BCUT2D eigenvalue weighted by Crippen LogP contribution is -2.33. The molecule has 0 heterocycles. The van der Waals surface area contributed by atoms with Crippen molar-refractivity contribution in [1.29, 1.82) is 0 Å². The van der Waals surface area contributed by atoms with Crippen molar-refractivity contribution in [3.8, 4) is 0 Å². The Balaban J connectivity index is 4.22. The van der Waals surface area contributed by atoms with Crippen LogP contribution in [0.3, 0.4) is 0 Å². The number of hydrogen-bond donors (Lipinski definition) is 0. The largest absolute Gasteiger partial charge is 0.322 e. The summed E-state index contributed by atoms with van der Waals surface area (Å²) in [4.78, 5) is 2.40. The van der Waals surface area contributed by atoms with Crippen LogP contribution in [0.5, 0.6) is 0 Å². The molecule has 0 aromatic carbocycles. The van der Waals surface area contributed by atoms with E-state index in [9.17, 15) is 4.57 Å². The molecule has 0 N–H and O–H groups in total. The van der Waals surface area contributed by atoms with Crippen LogP contribution in [0.15, 0.2) is 0 Å². The molecule has 0 amide bonds. The molecule has 128 valence electrons. The summed E-state index contributed by atoms with van der Waals surface area (Å²) in [6.07, 6.45) is 13.4. The lowest BCUT2D eigenvalue weighted by atomic mass is 10.1. The summed E-state index contributed by atoms with van der Waals surface area (Å²) in [7, 11) is 0.157. The predicted molar refractivity (Wildman–Crippen MR) is 98.0 cm³/mol. The fraction of sp³-hybridized carbons (Fsp3) is 1.00. The SMILES string of the molecule is CCCCCCCCN(C)C(CCC)P(C)(=O)CCCC. The molecule has 0 aliphatic rings. The van der Waals surface area contributed by atoms with Gasteiger partial charge in [-0.3, -0.25) is 4.90 Å². The van der Waals surface area contributed by atoms with Crippen LogP contribution < -0.4 is 0 Å². The van der Waals surface area contributed by atoms with E-state index in [-0.39, 0.29) is 0 Å². The first kappa shape index (κ1) is 21.2. The second-order valence-corrected chi connectivity index (χ2v) is 10.2. The van der Waals surface area contributed by atoms with E-state index >= 15 is 0 Å². The highest BCUT2D eigenvalue weighted by Crippen LogP contribution is 2.50. The molecule has 2 atom stereocenters. The van der Waals surface area contributed by atoms with Gasteiger partial charge in [0.1, 0.15) is 7.14 Å². The first-order valence-electron chi connectivity index (χ1n) is 9.26. The van der Waals surface area contributed by atoms with E-state index in [2.05, 4.69) is 32.7 Å². The third kappa shape index (κ3) is 9.74. The Labute approximate surface area is 134 Å². The Morgan fingerprint density at radius 3 is 2.00 bits per heavy atom. The van der Waals surface area contributed by atoms with E-state index in [1.165, 1.54) is 38.5 Å². The van der Waals surface area contributed by atoms with E-state index in [0.717, 1.165) is 38.4 Å². The highest BCUT2D eigenvalue weighted by atomic mass is 31.2. The van der Waals surface area contributed by atoms with Crippen molar-refractivity contribution in [2.75, 3.05) is 26.4 Å². The molecular weight excluding hydrogens is 277 g/mol. The summed E-state index contributed by atoms with van der Waals surface area (Å²) < 4.78 is 13.0. The van der Waals surface area contributed by atoms with Gasteiger partial charge in [-0.1, -0.05) is 65.7 Å². The second kappa shape index (κ2) is 12.7. The van der Waals surface area contributed by atoms with Crippen molar-refractivity contribution < 1.29 is 4.57 Å². The van der Waals surface area contributed by atoms with Gasteiger partial charge in [-0.05, 0) is 39.5 Å². The highest BCUT2D eigenvalue weighted by molar-refractivity contribution is 7.63. The molecule has 21 heavy (non-hydrogen) atoms. The van der Waals surface area contributed by atoms with E-state index < -0.39 is 7.14 Å². The average Bonchev–Trinajstić information content (AvgIpc) is 2.45. The molecule has 0 radical (unpaired) electrons. The minimum absolute atomic E-state index is 0.310. The first-order valence-corrected chi connectivity index (χ1v) is 11.7. The van der Waals surface area contributed by atoms with Crippen molar-refractivity contribution in [3.63, 3.8) is 0 Å². The van der Waals surface area contributed by atoms with Crippen LogP contribution >= 0.6 is 7.14 Å². The van der Waals surface area contributed by atoms with Gasteiger partial charge in [0.25, 0.3) is 0 Å². The first-order chi connectivity index (χ1) is 9.99. The highest BCUT2D eigenvalue weighted by Gasteiger charge is 2.29. The fourth-order valence-electron chi connectivity index (χ4n) is 3.08. The monoisotopic (exact) mass is 317 g/mol. The molecule has 0 spiro atoms. The molecule has 0 aromatic heterocycles. The molecule has 2 nitrogen and oxygen atoms in total. The number of rotatable bonds is 14. The van der Waals surface area contributed by atoms with Gasteiger partial charge in [-0.2, -0.15) is 0 Å². The maximum absolute atomic E-state index is 13.0. The molecule has 0 saturated heterocycles. The normalized spacial score (nSPS) is 16.1. The van der Waals surface area contributed by atoms with Crippen LogP contribution in [0.2, 0.25) is 0 Å². The van der Waals surface area contributed by atoms with Crippen LogP contribution in [0, 0.1) is 0 Å². The molecular formula is C18H40NOP. The van der Waals surface area contributed by atoms with Crippen molar-refractivity contribution in [2.24, 2.45) is 0 Å². The van der Waals surface area contributed by atoms with E-state index in [1.54, 1.807) is 0 Å². The van der Waals surface area contributed by atoms with Crippen LogP contribution in [0.4, 0.5) is 0 Å². The van der Waals surface area contributed by atoms with E-state index in [1.807, 2.05) is 6.66 Å². The van der Waals surface area contributed by atoms with Gasteiger partial charge < -0.3 is 4.57 Å². The standard InChI is InChI=1S/C18H40NOP/c1-6-9-11-12-13-14-16-19(4)18(15-8-3)21(5,20)17-10-7-2/h18H,6-17H2,1-5H3. The molecule has 0 rings (SSSR count). The minimum atomic E-state index is -2.03. The smallest absolute Gasteiger partial charge is 0.101 e. The number of unbranched alkanes of at least 4 members (excludes halogenated alkanes) is 6. The Bertz CT molecular complexity index is 280. The maximum atomic E-state index is 13.0. The summed E-state index contributed by atoms with van der Waals surface area (Å²) >= 11 is 0. The topological polar surface area (TPSA) is 20.3 Å². The second-order valence-electron chi connectivity index (χ2n) is 6.77. The van der Waals surface area contributed by atoms with Gasteiger partial charge in [0.2, 0.25) is 0 Å². The Hall–Kier alpha value is 0.190. The number of nitrogens with zero attached hydrogens (tertiary/aromatic N) is 1. The van der Waals surface area contributed by atoms with Gasteiger partial charge in [-0.25, -0.2) is 0 Å². The predicted octanol–water partition coefficient (Wildman–Crippen LogP) is 6.20. The van der Waals surface area contributed by atoms with Gasteiger partial charge in [0, 0.05) is 6.16 Å². The maximum Gasteiger partial charge on any atom is 0.101 e. The molecule has 0 aliphatic carbocycles. The van der Waals surface area contributed by atoms with Crippen molar-refractivity contribution in [1.82, 2.24) is 4.90 Å². The van der Waals surface area contributed by atoms with Crippen LogP contribution in [-0.4, -0.2) is 37.1 Å². The molecule has 2 unspecified atom stereocenters. The average molecular weight is 317 g/mol. The summed E-state index contributed by atoms with van der Waals surface area (Å²) in [5.41, 5.74) is 0. The summed E-state index contributed by atoms with van der Waals surface area (Å²) in [6, 6.07) is 0. The van der Waals surface area contributed by atoms with Gasteiger partial charge >= 0.3 is 0 Å². The molecule has 0 aliphatic heterocycles. The Morgan fingerprint density at radius 2 is 1.43 bits per heavy atom. The van der Waals surface area contributed by atoms with Crippen molar-refractivity contribution in [3.05, 3.63) is 0 Å². The van der Waals surface area contributed by atoms with Crippen LogP contribution in [0.25, 0.3) is 0 Å². The third-order valence-electron chi connectivity index (χ3n) is 4.51. The molecule has 0 fully saturated rings. The zero-order valence-corrected chi connectivity index (χ0v) is 16.3. The molecule has 3 heteroatoms. The van der Waals surface area contributed by atoms with Gasteiger partial charge in [0.05, 0.1) is 5.78 Å². The van der Waals surface area contributed by atoms with E-state index in [0.29, 0.717) is 5.78 Å². The molecule has 0 saturated carbocycles.